The molecule has 0 N–H and O–H groups in total. The Hall–Kier alpha value is -1.25. The molecule has 0 bridgehead atoms. The zero-order valence-electron chi connectivity index (χ0n) is 8.90. The van der Waals surface area contributed by atoms with Crippen molar-refractivity contribution in [3.05, 3.63) is 29.3 Å². The number of ketones is 1. The largest absolute Gasteiger partial charge is 0.573 e. The summed E-state index contributed by atoms with van der Waals surface area (Å²) in [5.41, 5.74) is -1.91. The van der Waals surface area contributed by atoms with Gasteiger partial charge in [-0.25, -0.2) is 0 Å². The molecule has 0 saturated heterocycles. The Morgan fingerprint density at radius 1 is 1.11 bits per heavy atom. The molecule has 2 nitrogen and oxygen atoms in total. The maximum absolute atomic E-state index is 12.5. The minimum Gasteiger partial charge on any atom is -0.406 e. The Bertz CT molecular complexity index is 480. The Balaban J connectivity index is 3.28. The number of carbonyl (C=O) groups is 1. The third-order valence-electron chi connectivity index (χ3n) is 1.91. The zero-order chi connectivity index (χ0) is 14.8. The summed E-state index contributed by atoms with van der Waals surface area (Å²) in [5.74, 6) is -1.88. The summed E-state index contributed by atoms with van der Waals surface area (Å²) >= 11 is 2.72. The van der Waals surface area contributed by atoms with Gasteiger partial charge in [-0.3, -0.25) is 4.79 Å². The molecular weight excluding hydrogens is 346 g/mol. The first-order valence-electron chi connectivity index (χ1n) is 4.60. The van der Waals surface area contributed by atoms with Crippen LogP contribution in [0.1, 0.15) is 15.9 Å². The third-order valence-corrected chi connectivity index (χ3v) is 2.42. The molecule has 106 valence electrons. The van der Waals surface area contributed by atoms with Crippen molar-refractivity contribution in [2.45, 2.75) is 12.5 Å². The Morgan fingerprint density at radius 2 is 1.68 bits per heavy atom. The average molecular weight is 351 g/mol. The molecule has 1 rings (SSSR count). The maximum Gasteiger partial charge on any atom is 0.573 e. The quantitative estimate of drug-likeness (QED) is 0.464. The van der Waals surface area contributed by atoms with E-state index in [1.54, 1.807) is 0 Å². The van der Waals surface area contributed by atoms with E-state index in [1.807, 2.05) is 0 Å². The van der Waals surface area contributed by atoms with Gasteiger partial charge in [0.25, 0.3) is 0 Å². The van der Waals surface area contributed by atoms with Gasteiger partial charge in [0.05, 0.1) is 10.9 Å². The molecule has 0 aromatic heterocycles. The lowest BCUT2D eigenvalue weighted by molar-refractivity contribution is -0.274. The molecule has 0 saturated carbocycles. The van der Waals surface area contributed by atoms with Crippen molar-refractivity contribution in [2.24, 2.45) is 0 Å². The Morgan fingerprint density at radius 3 is 2.11 bits per heavy atom. The molecule has 0 fully saturated rings. The van der Waals surface area contributed by atoms with Crippen LogP contribution in [0.15, 0.2) is 18.2 Å². The van der Waals surface area contributed by atoms with Crippen molar-refractivity contribution in [3.63, 3.8) is 0 Å². The zero-order valence-corrected chi connectivity index (χ0v) is 10.5. The molecule has 0 atom stereocenters. The van der Waals surface area contributed by atoms with Crippen molar-refractivity contribution in [1.29, 1.82) is 0 Å². The number of rotatable bonds is 3. The van der Waals surface area contributed by atoms with Gasteiger partial charge in [0, 0.05) is 5.56 Å². The minimum absolute atomic E-state index is 0.179. The molecule has 0 heterocycles. The summed E-state index contributed by atoms with van der Waals surface area (Å²) < 4.78 is 76.8. The Labute approximate surface area is 111 Å². The monoisotopic (exact) mass is 350 g/mol. The SMILES string of the molecule is O=C(CBr)c1cc(OC(F)(F)F)cc(C(F)(F)F)c1. The van der Waals surface area contributed by atoms with Crippen LogP contribution in [0.5, 0.6) is 5.75 Å². The van der Waals surface area contributed by atoms with Gasteiger partial charge in [-0.1, -0.05) is 15.9 Å². The molecule has 0 amide bonds. The van der Waals surface area contributed by atoms with Crippen LogP contribution in [0.25, 0.3) is 0 Å². The predicted octanol–water partition coefficient (Wildman–Crippen LogP) is 4.18. The van der Waals surface area contributed by atoms with Crippen LogP contribution in [0.4, 0.5) is 26.3 Å². The highest BCUT2D eigenvalue weighted by atomic mass is 79.9. The standard InChI is InChI=1S/C10H5BrF6O2/c11-4-8(18)5-1-6(9(12,13)14)3-7(2-5)19-10(15,16)17/h1-3H,4H2. The lowest BCUT2D eigenvalue weighted by atomic mass is 10.1. The normalized spacial score (nSPS) is 12.4. The molecular formula is C10H5BrF6O2. The van der Waals surface area contributed by atoms with Crippen molar-refractivity contribution < 1.29 is 35.9 Å². The Kier molecular flexibility index (Phi) is 4.49. The number of benzene rings is 1. The fourth-order valence-corrected chi connectivity index (χ4v) is 1.52. The molecule has 1 aromatic rings. The van der Waals surface area contributed by atoms with Gasteiger partial charge in [-0.05, 0) is 18.2 Å². The van der Waals surface area contributed by atoms with Gasteiger partial charge in [-0.2, -0.15) is 13.2 Å². The van der Waals surface area contributed by atoms with Gasteiger partial charge in [0.15, 0.2) is 5.78 Å². The number of carbonyl (C=O) groups excluding carboxylic acids is 1. The number of Topliss-reactive ketones (excluding diaryl/α,β-unsaturated/α-hetero) is 1. The molecule has 0 aliphatic rings. The van der Waals surface area contributed by atoms with E-state index in [-0.39, 0.29) is 11.4 Å². The van der Waals surface area contributed by atoms with E-state index in [9.17, 15) is 31.1 Å². The lowest BCUT2D eigenvalue weighted by Gasteiger charge is -2.13. The third kappa shape index (κ3) is 4.73. The second kappa shape index (κ2) is 5.40. The summed E-state index contributed by atoms with van der Waals surface area (Å²) in [5, 5.41) is -0.320. The molecule has 0 aliphatic carbocycles. The van der Waals surface area contributed by atoms with E-state index >= 15 is 0 Å². The van der Waals surface area contributed by atoms with Gasteiger partial charge >= 0.3 is 12.5 Å². The molecule has 0 radical (unpaired) electrons. The van der Waals surface area contributed by atoms with Crippen LogP contribution < -0.4 is 4.74 Å². The topological polar surface area (TPSA) is 26.3 Å². The number of ether oxygens (including phenoxy) is 1. The average Bonchev–Trinajstić information content (AvgIpc) is 2.24. The number of hydrogen-bond acceptors (Lipinski definition) is 2. The molecule has 0 unspecified atom stereocenters. The van der Waals surface area contributed by atoms with E-state index in [1.165, 1.54) is 0 Å². The minimum atomic E-state index is -5.14. The van der Waals surface area contributed by atoms with Crippen molar-refractivity contribution in [3.8, 4) is 5.75 Å². The second-order valence-electron chi connectivity index (χ2n) is 3.35. The summed E-state index contributed by atoms with van der Waals surface area (Å²) in [6.45, 7) is 0. The van der Waals surface area contributed by atoms with Crippen LogP contribution in [0.3, 0.4) is 0 Å². The second-order valence-corrected chi connectivity index (χ2v) is 3.91. The first-order valence-corrected chi connectivity index (χ1v) is 5.72. The fourth-order valence-electron chi connectivity index (χ4n) is 1.19. The number of alkyl halides is 7. The van der Waals surface area contributed by atoms with E-state index in [0.717, 1.165) is 0 Å². The number of hydrogen-bond donors (Lipinski definition) is 0. The van der Waals surface area contributed by atoms with Gasteiger partial charge in [-0.15, -0.1) is 13.2 Å². The van der Waals surface area contributed by atoms with Gasteiger partial charge in [0.2, 0.25) is 0 Å². The highest BCUT2D eigenvalue weighted by Crippen LogP contribution is 2.34. The fraction of sp³-hybridized carbons (Fsp3) is 0.300. The number of halogens is 7. The smallest absolute Gasteiger partial charge is 0.406 e. The maximum atomic E-state index is 12.5. The molecule has 0 spiro atoms. The summed E-state index contributed by atoms with van der Waals surface area (Å²) in [4.78, 5) is 11.3. The molecule has 9 heteroatoms. The van der Waals surface area contributed by atoms with Crippen LogP contribution in [-0.2, 0) is 6.18 Å². The predicted molar refractivity (Wildman–Crippen MR) is 56.3 cm³/mol. The van der Waals surface area contributed by atoms with Crippen LogP contribution in [-0.4, -0.2) is 17.5 Å². The summed E-state index contributed by atoms with van der Waals surface area (Å²) in [6.07, 6.45) is -10.0. The van der Waals surface area contributed by atoms with Crippen LogP contribution in [0.2, 0.25) is 0 Å². The molecule has 0 aliphatic heterocycles. The summed E-state index contributed by atoms with van der Waals surface area (Å²) in [6, 6.07) is 1.25. The lowest BCUT2D eigenvalue weighted by Crippen LogP contribution is -2.18. The van der Waals surface area contributed by atoms with Crippen molar-refractivity contribution in [1.82, 2.24) is 0 Å². The van der Waals surface area contributed by atoms with E-state index in [2.05, 4.69) is 20.7 Å². The van der Waals surface area contributed by atoms with Gasteiger partial charge in [0.1, 0.15) is 5.75 Å². The van der Waals surface area contributed by atoms with Crippen molar-refractivity contribution >= 4 is 21.7 Å². The summed E-state index contributed by atoms with van der Waals surface area (Å²) in [7, 11) is 0. The highest BCUT2D eigenvalue weighted by Gasteiger charge is 2.35. The first kappa shape index (κ1) is 15.8. The van der Waals surface area contributed by atoms with E-state index in [4.69, 9.17) is 0 Å². The van der Waals surface area contributed by atoms with Crippen LogP contribution in [0, 0.1) is 0 Å². The van der Waals surface area contributed by atoms with Crippen LogP contribution >= 0.6 is 15.9 Å². The van der Waals surface area contributed by atoms with E-state index in [0.29, 0.717) is 12.1 Å². The first-order chi connectivity index (χ1) is 8.53. The highest BCUT2D eigenvalue weighted by molar-refractivity contribution is 9.09. The molecule has 19 heavy (non-hydrogen) atoms. The van der Waals surface area contributed by atoms with Crippen molar-refractivity contribution in [2.75, 3.05) is 5.33 Å². The van der Waals surface area contributed by atoms with Gasteiger partial charge < -0.3 is 4.74 Å². The van der Waals surface area contributed by atoms with E-state index < -0.39 is 35.2 Å². The molecule has 1 aromatic carbocycles.